The minimum Gasteiger partial charge on any atom is -0.328 e. The average molecular weight is 435 g/mol. The third-order valence-electron chi connectivity index (χ3n) is 4.62. The van der Waals surface area contributed by atoms with Crippen molar-refractivity contribution in [3.05, 3.63) is 75.4 Å². The number of carbonyl (C=O) groups excluding carboxylic acids is 2. The van der Waals surface area contributed by atoms with Gasteiger partial charge in [-0.15, -0.1) is 0 Å². The van der Waals surface area contributed by atoms with E-state index >= 15 is 0 Å². The minimum absolute atomic E-state index is 0.0167. The molecule has 4 nitrogen and oxygen atoms in total. The van der Waals surface area contributed by atoms with Crippen molar-refractivity contribution in [1.82, 2.24) is 9.80 Å². The van der Waals surface area contributed by atoms with Gasteiger partial charge in [-0.3, -0.25) is 9.59 Å². The van der Waals surface area contributed by atoms with Crippen LogP contribution in [0.3, 0.4) is 0 Å². The number of benzene rings is 2. The molecule has 1 atom stereocenters. The second-order valence-corrected chi connectivity index (χ2v) is 7.16. The van der Waals surface area contributed by atoms with E-state index in [0.717, 1.165) is 11.6 Å². The Kier molecular flexibility index (Phi) is 5.41. The van der Waals surface area contributed by atoms with Crippen molar-refractivity contribution in [3.8, 4) is 0 Å². The Morgan fingerprint density at radius 3 is 2.41 bits per heavy atom. The number of halogens is 3. The Bertz CT molecular complexity index is 931. The summed E-state index contributed by atoms with van der Waals surface area (Å²) in [5.41, 5.74) is 0.792. The van der Waals surface area contributed by atoms with Gasteiger partial charge in [0.1, 0.15) is 11.7 Å². The molecule has 1 aliphatic rings. The normalized spacial score (nSPS) is 19.1. The standard InChI is InChI=1S/C20H17BrF2N2O2/c1-24-16(10-12-6-4-3-5-7-12)19(26)25(2)17(20(24)27)11-13-14(21)8-9-15(22)18(13)23/h3-9,11,16H,10H2,1-2H3. The maximum Gasteiger partial charge on any atom is 0.271 e. The van der Waals surface area contributed by atoms with Gasteiger partial charge >= 0.3 is 0 Å². The fourth-order valence-corrected chi connectivity index (χ4v) is 3.43. The lowest BCUT2D eigenvalue weighted by atomic mass is 10.00. The van der Waals surface area contributed by atoms with E-state index in [1.807, 2.05) is 30.3 Å². The summed E-state index contributed by atoms with van der Waals surface area (Å²) < 4.78 is 28.0. The quantitative estimate of drug-likeness (QED) is 0.546. The molecule has 0 saturated carbocycles. The molecule has 1 saturated heterocycles. The number of carbonyl (C=O) groups is 2. The molecule has 0 bridgehead atoms. The Hall–Kier alpha value is -2.54. The molecule has 2 aromatic rings. The molecule has 140 valence electrons. The number of likely N-dealkylation sites (N-methyl/N-ethyl adjacent to an activating group) is 2. The van der Waals surface area contributed by atoms with Gasteiger partial charge in [0.2, 0.25) is 5.91 Å². The molecule has 0 aliphatic carbocycles. The van der Waals surface area contributed by atoms with E-state index in [0.29, 0.717) is 6.42 Å². The third kappa shape index (κ3) is 3.64. The minimum atomic E-state index is -1.08. The van der Waals surface area contributed by atoms with E-state index in [2.05, 4.69) is 15.9 Å². The van der Waals surface area contributed by atoms with Gasteiger partial charge < -0.3 is 9.80 Å². The van der Waals surface area contributed by atoms with E-state index in [9.17, 15) is 18.4 Å². The van der Waals surface area contributed by atoms with Gasteiger partial charge in [-0.05, 0) is 23.8 Å². The van der Waals surface area contributed by atoms with E-state index in [1.54, 1.807) is 0 Å². The van der Waals surface area contributed by atoms with Crippen LogP contribution in [-0.2, 0) is 16.0 Å². The molecule has 1 heterocycles. The van der Waals surface area contributed by atoms with Crippen molar-refractivity contribution in [2.45, 2.75) is 12.5 Å². The molecule has 2 amide bonds. The van der Waals surface area contributed by atoms with Crippen molar-refractivity contribution in [2.75, 3.05) is 14.1 Å². The lowest BCUT2D eigenvalue weighted by Crippen LogP contribution is -2.56. The third-order valence-corrected chi connectivity index (χ3v) is 5.31. The molecule has 27 heavy (non-hydrogen) atoms. The Morgan fingerprint density at radius 1 is 1.07 bits per heavy atom. The zero-order valence-electron chi connectivity index (χ0n) is 14.7. The Balaban J connectivity index is 1.96. The van der Waals surface area contributed by atoms with Crippen LogP contribution < -0.4 is 0 Å². The molecule has 0 radical (unpaired) electrons. The molecule has 0 aromatic heterocycles. The highest BCUT2D eigenvalue weighted by Crippen LogP contribution is 2.28. The highest BCUT2D eigenvalue weighted by molar-refractivity contribution is 9.10. The van der Waals surface area contributed by atoms with E-state index in [1.165, 1.54) is 36.0 Å². The monoisotopic (exact) mass is 434 g/mol. The number of piperazine rings is 1. The van der Waals surface area contributed by atoms with Crippen LogP contribution in [0, 0.1) is 11.6 Å². The van der Waals surface area contributed by atoms with Crippen molar-refractivity contribution in [3.63, 3.8) is 0 Å². The summed E-state index contributed by atoms with van der Waals surface area (Å²) in [7, 11) is 2.99. The molecule has 0 N–H and O–H groups in total. The van der Waals surface area contributed by atoms with Crippen molar-refractivity contribution in [1.29, 1.82) is 0 Å². The second-order valence-electron chi connectivity index (χ2n) is 6.31. The van der Waals surface area contributed by atoms with Gasteiger partial charge in [-0.25, -0.2) is 8.78 Å². The van der Waals surface area contributed by atoms with Crippen LogP contribution in [0.1, 0.15) is 11.1 Å². The SMILES string of the molecule is CN1C(=O)C(Cc2ccccc2)N(C)C(=O)C1=Cc1c(Br)ccc(F)c1F. The maximum atomic E-state index is 14.2. The summed E-state index contributed by atoms with van der Waals surface area (Å²) in [4.78, 5) is 28.2. The highest BCUT2D eigenvalue weighted by atomic mass is 79.9. The van der Waals surface area contributed by atoms with Crippen LogP contribution in [-0.4, -0.2) is 41.8 Å². The lowest BCUT2D eigenvalue weighted by Gasteiger charge is -2.38. The fourth-order valence-electron chi connectivity index (χ4n) is 3.01. The van der Waals surface area contributed by atoms with Crippen molar-refractivity contribution < 1.29 is 18.4 Å². The smallest absolute Gasteiger partial charge is 0.271 e. The maximum absolute atomic E-state index is 14.2. The molecular formula is C20H17BrF2N2O2. The predicted octanol–water partition coefficient (Wildman–Crippen LogP) is 3.61. The zero-order valence-corrected chi connectivity index (χ0v) is 16.3. The molecule has 2 aromatic carbocycles. The summed E-state index contributed by atoms with van der Waals surface area (Å²) in [5, 5.41) is 0. The Labute approximate surface area is 164 Å². The van der Waals surface area contributed by atoms with Crippen molar-refractivity contribution in [2.24, 2.45) is 0 Å². The van der Waals surface area contributed by atoms with E-state index in [4.69, 9.17) is 0 Å². The van der Waals surface area contributed by atoms with Crippen LogP contribution in [0.2, 0.25) is 0 Å². The first kappa shape index (κ1) is 19.2. The summed E-state index contributed by atoms with van der Waals surface area (Å²) in [5.74, 6) is -2.84. The molecule has 7 heteroatoms. The first-order valence-electron chi connectivity index (χ1n) is 8.25. The van der Waals surface area contributed by atoms with Gasteiger partial charge in [0.25, 0.3) is 5.91 Å². The fraction of sp³-hybridized carbons (Fsp3) is 0.200. The molecule has 1 unspecified atom stereocenters. The van der Waals surface area contributed by atoms with Crippen LogP contribution in [0.15, 0.2) is 52.6 Å². The van der Waals surface area contributed by atoms with Gasteiger partial charge in [0.05, 0.1) is 0 Å². The van der Waals surface area contributed by atoms with Gasteiger partial charge in [0, 0.05) is 30.6 Å². The van der Waals surface area contributed by atoms with Gasteiger partial charge in [-0.1, -0.05) is 46.3 Å². The lowest BCUT2D eigenvalue weighted by molar-refractivity contribution is -0.148. The van der Waals surface area contributed by atoms with Crippen LogP contribution >= 0.6 is 15.9 Å². The second kappa shape index (κ2) is 7.60. The number of rotatable bonds is 3. The van der Waals surface area contributed by atoms with E-state index < -0.39 is 23.6 Å². The molecule has 1 fully saturated rings. The van der Waals surface area contributed by atoms with Crippen LogP contribution in [0.25, 0.3) is 6.08 Å². The summed E-state index contributed by atoms with van der Waals surface area (Å²) in [6, 6.07) is 11.0. The average Bonchev–Trinajstić information content (AvgIpc) is 2.67. The zero-order chi connectivity index (χ0) is 19.7. The summed E-state index contributed by atoms with van der Waals surface area (Å²) in [6.07, 6.45) is 1.57. The van der Waals surface area contributed by atoms with Gasteiger partial charge in [-0.2, -0.15) is 0 Å². The first-order chi connectivity index (χ1) is 12.8. The molecular weight excluding hydrogens is 418 g/mol. The Morgan fingerprint density at radius 2 is 1.74 bits per heavy atom. The highest BCUT2D eigenvalue weighted by Gasteiger charge is 2.39. The molecule has 0 spiro atoms. The van der Waals surface area contributed by atoms with Gasteiger partial charge in [0.15, 0.2) is 11.6 Å². The predicted molar refractivity (Wildman–Crippen MR) is 102 cm³/mol. The summed E-state index contributed by atoms with van der Waals surface area (Å²) in [6.45, 7) is 0. The van der Waals surface area contributed by atoms with Crippen LogP contribution in [0.5, 0.6) is 0 Å². The number of hydrogen-bond donors (Lipinski definition) is 0. The van der Waals surface area contributed by atoms with Crippen LogP contribution in [0.4, 0.5) is 8.78 Å². The van der Waals surface area contributed by atoms with Crippen molar-refractivity contribution >= 4 is 33.8 Å². The first-order valence-corrected chi connectivity index (χ1v) is 9.04. The molecule has 1 aliphatic heterocycles. The molecule has 3 rings (SSSR count). The summed E-state index contributed by atoms with van der Waals surface area (Å²) >= 11 is 3.15. The number of amides is 2. The number of hydrogen-bond acceptors (Lipinski definition) is 2. The van der Waals surface area contributed by atoms with E-state index in [-0.39, 0.29) is 21.6 Å². The topological polar surface area (TPSA) is 40.6 Å². The number of nitrogens with zero attached hydrogens (tertiary/aromatic N) is 2. The largest absolute Gasteiger partial charge is 0.328 e.